The van der Waals surface area contributed by atoms with E-state index in [0.717, 1.165) is 43.0 Å². The van der Waals surface area contributed by atoms with Crippen molar-refractivity contribution in [2.45, 2.75) is 27.2 Å². The summed E-state index contributed by atoms with van der Waals surface area (Å²) in [5, 5.41) is 6.81. The molecular formula is C16H26ClN3O3S. The molecule has 1 fully saturated rings. The molecule has 0 atom stereocenters. The molecule has 0 spiro atoms. The summed E-state index contributed by atoms with van der Waals surface area (Å²) in [6.45, 7) is 9.94. The van der Waals surface area contributed by atoms with Gasteiger partial charge in [0.25, 0.3) is 0 Å². The molecule has 1 amide bonds. The molecule has 0 aromatic carbocycles. The predicted molar refractivity (Wildman–Crippen MR) is 99.6 cm³/mol. The molecule has 24 heavy (non-hydrogen) atoms. The number of carbonyl (C=O) groups is 2. The highest BCUT2D eigenvalue weighted by Gasteiger charge is 2.22. The lowest BCUT2D eigenvalue weighted by molar-refractivity contribution is -0.117. The van der Waals surface area contributed by atoms with E-state index in [0.29, 0.717) is 23.7 Å². The first kappa shape index (κ1) is 20.9. The number of rotatable bonds is 5. The summed E-state index contributed by atoms with van der Waals surface area (Å²) in [5.41, 5.74) is 1.36. The number of anilines is 1. The Kier molecular flexibility index (Phi) is 8.69. The molecule has 2 rings (SSSR count). The van der Waals surface area contributed by atoms with Crippen LogP contribution < -0.4 is 10.6 Å². The Morgan fingerprint density at radius 2 is 2.04 bits per heavy atom. The van der Waals surface area contributed by atoms with E-state index in [9.17, 15) is 9.59 Å². The minimum Gasteiger partial charge on any atom is -0.462 e. The molecule has 1 aliphatic heterocycles. The first-order valence-corrected chi connectivity index (χ1v) is 8.84. The SMILES string of the molecule is CCOC(=O)c1c(NC(=O)CN2CCCNCC2)sc(C)c1C.Cl. The van der Waals surface area contributed by atoms with Crippen molar-refractivity contribution in [3.05, 3.63) is 16.0 Å². The fourth-order valence-electron chi connectivity index (χ4n) is 2.59. The third-order valence-corrected chi connectivity index (χ3v) is 5.04. The smallest absolute Gasteiger partial charge is 0.341 e. The lowest BCUT2D eigenvalue weighted by Crippen LogP contribution is -2.35. The van der Waals surface area contributed by atoms with Gasteiger partial charge < -0.3 is 15.4 Å². The van der Waals surface area contributed by atoms with Crippen molar-refractivity contribution in [3.63, 3.8) is 0 Å². The minimum atomic E-state index is -0.372. The topological polar surface area (TPSA) is 70.7 Å². The molecule has 2 heterocycles. The van der Waals surface area contributed by atoms with Gasteiger partial charge >= 0.3 is 5.97 Å². The first-order chi connectivity index (χ1) is 11.0. The van der Waals surface area contributed by atoms with Gasteiger partial charge in [0.1, 0.15) is 5.00 Å². The van der Waals surface area contributed by atoms with Crippen molar-refractivity contribution in [2.24, 2.45) is 0 Å². The van der Waals surface area contributed by atoms with E-state index in [-0.39, 0.29) is 24.3 Å². The van der Waals surface area contributed by atoms with Gasteiger partial charge in [0, 0.05) is 18.0 Å². The summed E-state index contributed by atoms with van der Waals surface area (Å²) >= 11 is 1.43. The maximum Gasteiger partial charge on any atom is 0.341 e. The van der Waals surface area contributed by atoms with Crippen LogP contribution in [0.15, 0.2) is 0 Å². The predicted octanol–water partition coefficient (Wildman–Crippen LogP) is 2.20. The molecule has 2 N–H and O–H groups in total. The van der Waals surface area contributed by atoms with Gasteiger partial charge in [-0.05, 0) is 45.8 Å². The highest BCUT2D eigenvalue weighted by Crippen LogP contribution is 2.33. The maximum atomic E-state index is 12.3. The van der Waals surface area contributed by atoms with Crippen LogP contribution in [0, 0.1) is 13.8 Å². The largest absolute Gasteiger partial charge is 0.462 e. The van der Waals surface area contributed by atoms with Crippen molar-refractivity contribution < 1.29 is 14.3 Å². The van der Waals surface area contributed by atoms with Crippen molar-refractivity contribution >= 4 is 40.6 Å². The Labute approximate surface area is 153 Å². The van der Waals surface area contributed by atoms with Gasteiger partial charge in [-0.1, -0.05) is 0 Å². The third kappa shape index (κ3) is 5.44. The highest BCUT2D eigenvalue weighted by atomic mass is 35.5. The van der Waals surface area contributed by atoms with Crippen LogP contribution in [-0.4, -0.2) is 56.1 Å². The van der Waals surface area contributed by atoms with Crippen LogP contribution in [0.5, 0.6) is 0 Å². The molecule has 0 aliphatic carbocycles. The van der Waals surface area contributed by atoms with Crippen LogP contribution in [0.25, 0.3) is 0 Å². The van der Waals surface area contributed by atoms with Crippen LogP contribution in [0.3, 0.4) is 0 Å². The number of ether oxygens (including phenoxy) is 1. The number of nitrogens with one attached hydrogen (secondary N) is 2. The Morgan fingerprint density at radius 3 is 2.75 bits per heavy atom. The molecule has 1 saturated heterocycles. The van der Waals surface area contributed by atoms with Crippen molar-refractivity contribution in [1.82, 2.24) is 10.2 Å². The van der Waals surface area contributed by atoms with E-state index in [1.807, 2.05) is 13.8 Å². The van der Waals surface area contributed by atoms with Crippen LogP contribution in [0.1, 0.15) is 34.1 Å². The van der Waals surface area contributed by atoms with Crippen LogP contribution in [-0.2, 0) is 9.53 Å². The van der Waals surface area contributed by atoms with Crippen LogP contribution >= 0.6 is 23.7 Å². The number of hydrogen-bond acceptors (Lipinski definition) is 6. The highest BCUT2D eigenvalue weighted by molar-refractivity contribution is 7.16. The molecule has 0 bridgehead atoms. The third-order valence-electron chi connectivity index (χ3n) is 3.92. The molecule has 136 valence electrons. The number of thiophene rings is 1. The lowest BCUT2D eigenvalue weighted by atomic mass is 10.1. The van der Waals surface area contributed by atoms with E-state index in [1.165, 1.54) is 11.3 Å². The maximum absolute atomic E-state index is 12.3. The number of halogens is 1. The van der Waals surface area contributed by atoms with Gasteiger partial charge in [-0.3, -0.25) is 9.69 Å². The van der Waals surface area contributed by atoms with E-state index in [2.05, 4.69) is 15.5 Å². The monoisotopic (exact) mass is 375 g/mol. The number of aryl methyl sites for hydroxylation is 1. The molecule has 1 aromatic heterocycles. The van der Waals surface area contributed by atoms with Gasteiger partial charge in [0.2, 0.25) is 5.91 Å². The quantitative estimate of drug-likeness (QED) is 0.772. The van der Waals surface area contributed by atoms with Gasteiger partial charge in [-0.2, -0.15) is 0 Å². The van der Waals surface area contributed by atoms with E-state index in [4.69, 9.17) is 4.74 Å². The average molecular weight is 376 g/mol. The molecule has 8 heteroatoms. The zero-order chi connectivity index (χ0) is 16.8. The molecule has 1 aromatic rings. The van der Waals surface area contributed by atoms with Gasteiger partial charge in [0.05, 0.1) is 18.7 Å². The van der Waals surface area contributed by atoms with E-state index < -0.39 is 0 Å². The summed E-state index contributed by atoms with van der Waals surface area (Å²) in [5.74, 6) is -0.456. The van der Waals surface area contributed by atoms with E-state index in [1.54, 1.807) is 6.92 Å². The minimum absolute atomic E-state index is 0. The normalized spacial score (nSPS) is 15.3. The number of amides is 1. The molecule has 0 saturated carbocycles. The second-order valence-corrected chi connectivity index (χ2v) is 6.86. The number of hydrogen-bond donors (Lipinski definition) is 2. The lowest BCUT2D eigenvalue weighted by Gasteiger charge is -2.18. The molecule has 0 unspecified atom stereocenters. The van der Waals surface area contributed by atoms with Crippen LogP contribution in [0.4, 0.5) is 5.00 Å². The first-order valence-electron chi connectivity index (χ1n) is 8.03. The Morgan fingerprint density at radius 1 is 1.29 bits per heavy atom. The fourth-order valence-corrected chi connectivity index (χ4v) is 3.66. The zero-order valence-corrected chi connectivity index (χ0v) is 16.1. The van der Waals surface area contributed by atoms with Gasteiger partial charge in [0.15, 0.2) is 0 Å². The van der Waals surface area contributed by atoms with Gasteiger partial charge in [-0.15, -0.1) is 23.7 Å². The van der Waals surface area contributed by atoms with Crippen molar-refractivity contribution in [2.75, 3.05) is 44.6 Å². The number of nitrogens with zero attached hydrogens (tertiary/aromatic N) is 1. The number of carbonyl (C=O) groups excluding carboxylic acids is 2. The Hall–Kier alpha value is -1.15. The summed E-state index contributed by atoms with van der Waals surface area (Å²) < 4.78 is 5.11. The Balaban J connectivity index is 0.00000288. The summed E-state index contributed by atoms with van der Waals surface area (Å²) in [6.07, 6.45) is 1.04. The number of esters is 1. The summed E-state index contributed by atoms with van der Waals surface area (Å²) in [6, 6.07) is 0. The molecule has 6 nitrogen and oxygen atoms in total. The molecule has 0 radical (unpaired) electrons. The van der Waals surface area contributed by atoms with Crippen molar-refractivity contribution in [3.8, 4) is 0 Å². The summed E-state index contributed by atoms with van der Waals surface area (Å²) in [7, 11) is 0. The second kappa shape index (κ2) is 9.98. The average Bonchev–Trinajstić information content (AvgIpc) is 2.68. The van der Waals surface area contributed by atoms with Crippen LogP contribution in [0.2, 0.25) is 0 Å². The van der Waals surface area contributed by atoms with Crippen molar-refractivity contribution in [1.29, 1.82) is 0 Å². The second-order valence-electron chi connectivity index (χ2n) is 5.64. The fraction of sp³-hybridized carbons (Fsp3) is 0.625. The summed E-state index contributed by atoms with van der Waals surface area (Å²) in [4.78, 5) is 27.6. The zero-order valence-electron chi connectivity index (χ0n) is 14.4. The van der Waals surface area contributed by atoms with E-state index >= 15 is 0 Å². The van der Waals surface area contributed by atoms with Gasteiger partial charge in [-0.25, -0.2) is 4.79 Å². The Bertz CT molecular complexity index is 569. The molecule has 1 aliphatic rings. The standard InChI is InChI=1S/C16H25N3O3S.ClH/c1-4-22-16(21)14-11(2)12(3)23-15(14)18-13(20)10-19-8-5-6-17-7-9-19;/h17H,4-10H2,1-3H3,(H,18,20);1H. The molecular weight excluding hydrogens is 350 g/mol.